The Labute approximate surface area is 443 Å². The van der Waals surface area contributed by atoms with Gasteiger partial charge in [0.1, 0.15) is 33.6 Å². The van der Waals surface area contributed by atoms with Gasteiger partial charge in [0.25, 0.3) is 17.0 Å². The zero-order valence-corrected chi connectivity index (χ0v) is 45.4. The van der Waals surface area contributed by atoms with E-state index in [2.05, 4.69) is 10.6 Å². The van der Waals surface area contributed by atoms with Crippen LogP contribution in [0.2, 0.25) is 10.0 Å². The van der Waals surface area contributed by atoms with Gasteiger partial charge in [-0.1, -0.05) is 59.6 Å². The number of hydrogen-bond donors (Lipinski definition) is 3. The van der Waals surface area contributed by atoms with Gasteiger partial charge in [-0.15, -0.1) is 0 Å². The fourth-order valence-corrected chi connectivity index (χ4v) is 9.48. The molecule has 0 bridgehead atoms. The number of halogens is 2. The number of rotatable bonds is 11. The summed E-state index contributed by atoms with van der Waals surface area (Å²) in [4.78, 5) is 95.0. The number of amides is 3. The predicted molar refractivity (Wildman–Crippen MR) is 286 cm³/mol. The van der Waals surface area contributed by atoms with Gasteiger partial charge in [0.05, 0.1) is 31.2 Å². The number of anilines is 2. The maximum Gasteiger partial charge on any atom is 0.407 e. The minimum Gasteiger partial charge on any atom is -0.477 e. The van der Waals surface area contributed by atoms with Crippen molar-refractivity contribution in [2.45, 2.75) is 104 Å². The smallest absolute Gasteiger partial charge is 0.407 e. The van der Waals surface area contributed by atoms with Gasteiger partial charge in [-0.3, -0.25) is 19.2 Å². The minimum atomic E-state index is -1.21. The molecule has 402 valence electrons. The van der Waals surface area contributed by atoms with E-state index in [-0.39, 0.29) is 35.6 Å². The van der Waals surface area contributed by atoms with Crippen LogP contribution in [0.4, 0.5) is 21.5 Å². The summed E-state index contributed by atoms with van der Waals surface area (Å²) in [6.07, 6.45) is 2.18. The normalized spacial score (nSPS) is 16.1. The van der Waals surface area contributed by atoms with Crippen molar-refractivity contribution >= 4 is 81.2 Å². The third-order valence-corrected chi connectivity index (χ3v) is 13.4. The lowest BCUT2D eigenvalue weighted by Crippen LogP contribution is -2.49. The van der Waals surface area contributed by atoms with Crippen molar-refractivity contribution in [1.82, 2.24) is 43.9 Å². The first-order chi connectivity index (χ1) is 35.3. The number of carboxylic acid groups (broad SMARTS) is 1. The number of imidazole rings is 2. The van der Waals surface area contributed by atoms with Crippen LogP contribution in [-0.2, 0) is 41.5 Å². The Morgan fingerprint density at radius 3 is 1.48 bits per heavy atom. The van der Waals surface area contributed by atoms with Crippen LogP contribution in [0.5, 0.6) is 0 Å². The number of carboxylic acids is 1. The average Bonchev–Trinajstić information content (AvgIpc) is 3.89. The summed E-state index contributed by atoms with van der Waals surface area (Å²) in [5.41, 5.74) is 0.893. The van der Waals surface area contributed by atoms with Crippen molar-refractivity contribution in [2.24, 2.45) is 14.1 Å². The number of ether oxygens (including phenoxy) is 2. The molecule has 0 radical (unpaired) electrons. The monoisotopic (exact) mass is 1070 g/mol. The van der Waals surface area contributed by atoms with Gasteiger partial charge < -0.3 is 53.3 Å². The fraction of sp³-hybridized carbons (Fsp3) is 0.462. The molecule has 2 fully saturated rings. The summed E-state index contributed by atoms with van der Waals surface area (Å²) in [5, 5.41) is 17.6. The van der Waals surface area contributed by atoms with E-state index in [1.165, 1.54) is 31.8 Å². The van der Waals surface area contributed by atoms with Crippen LogP contribution in [0.15, 0.2) is 70.3 Å². The summed E-state index contributed by atoms with van der Waals surface area (Å²) in [6.45, 7) is 13.7. The maximum atomic E-state index is 13.7. The second kappa shape index (κ2) is 22.8. The Balaban J connectivity index is 0.000000219. The summed E-state index contributed by atoms with van der Waals surface area (Å²) in [7, 11) is 5.83. The Morgan fingerprint density at radius 1 is 0.693 bits per heavy atom. The van der Waals surface area contributed by atoms with Crippen molar-refractivity contribution in [3.63, 3.8) is 0 Å². The fourth-order valence-electron chi connectivity index (χ4n) is 9.09. The maximum absolute atomic E-state index is 13.7. The van der Waals surface area contributed by atoms with Gasteiger partial charge in [0.15, 0.2) is 0 Å². The van der Waals surface area contributed by atoms with Gasteiger partial charge in [0.2, 0.25) is 11.9 Å². The number of fused-ring (bicyclic) bond motifs is 2. The molecule has 8 rings (SSSR count). The molecule has 2 atom stereocenters. The molecule has 0 aliphatic carbocycles. The zero-order chi connectivity index (χ0) is 54.7. The number of nitrogens with zero attached hydrogens (tertiary/aromatic N) is 9. The van der Waals surface area contributed by atoms with Crippen LogP contribution < -0.4 is 31.6 Å². The molecule has 2 aliphatic heterocycles. The van der Waals surface area contributed by atoms with Crippen LogP contribution in [0.25, 0.3) is 22.1 Å². The summed E-state index contributed by atoms with van der Waals surface area (Å²) in [5.74, 6) is -0.609. The number of piperidine rings is 2. The third-order valence-electron chi connectivity index (χ3n) is 12.7. The molecule has 6 heterocycles. The van der Waals surface area contributed by atoms with Crippen LogP contribution >= 0.6 is 23.2 Å². The van der Waals surface area contributed by atoms with E-state index in [4.69, 9.17) is 47.5 Å². The lowest BCUT2D eigenvalue weighted by molar-refractivity contribution is -0.0763. The number of benzene rings is 2. The molecule has 23 heteroatoms. The predicted octanol–water partition coefficient (Wildman–Crippen LogP) is 7.19. The molecule has 0 saturated carbocycles. The molecule has 3 amide bonds. The average molecular weight is 1080 g/mol. The zero-order valence-electron chi connectivity index (χ0n) is 43.9. The van der Waals surface area contributed by atoms with Crippen molar-refractivity contribution < 1.29 is 38.6 Å². The van der Waals surface area contributed by atoms with Crippen LogP contribution in [0, 0.1) is 0 Å². The largest absolute Gasteiger partial charge is 0.477 e. The molecule has 3 N–H and O–H groups in total. The number of aromatic nitrogens is 6. The lowest BCUT2D eigenvalue weighted by Gasteiger charge is -2.34. The Bertz CT molecular complexity index is 3240. The second-order valence-corrected chi connectivity index (χ2v) is 21.4. The highest BCUT2D eigenvalue weighted by atomic mass is 35.5. The quantitative estimate of drug-likeness (QED) is 0.109. The van der Waals surface area contributed by atoms with Gasteiger partial charge in [-0.25, -0.2) is 29.4 Å². The van der Waals surface area contributed by atoms with E-state index in [9.17, 15) is 33.9 Å². The standard InChI is InChI=1S/C27H35ClN6O5.C25H30ClN5O5/c1-27(2,3)39-26(37)29-18-11-9-13-33(16-18)25-30-20-14-21(23(35)32(5)38-6)31(4)24(36)22(20)34(25)15-17-10-7-8-12-19(17)28;1-25(2,3)36-24(35)27-16-9-7-11-30(14-16)23-28-18-12-19(22(33)34)29(4)21(32)20(18)31(23)13-15-8-5-6-10-17(15)26/h7-8,10,12,14,18H,9,11,13,15-16H2,1-6H3,(H,29,37);5-6,8,10,12,16H,7,9,11,13-14H2,1-4H3,(H,27,35)(H,33,34)/t18-;16-/m11/s1. The lowest BCUT2D eigenvalue weighted by atomic mass is 10.1. The van der Waals surface area contributed by atoms with Gasteiger partial charge in [-0.2, -0.15) is 0 Å². The van der Waals surface area contributed by atoms with Gasteiger partial charge in [-0.05, 0) is 103 Å². The number of carbonyl (C=O) groups excluding carboxylic acids is 3. The molecule has 0 unspecified atom stereocenters. The van der Waals surface area contributed by atoms with E-state index >= 15 is 0 Å². The number of hydroxylamine groups is 2. The van der Waals surface area contributed by atoms with E-state index < -0.39 is 40.8 Å². The molecule has 6 aromatic rings. The highest BCUT2D eigenvalue weighted by Crippen LogP contribution is 2.30. The van der Waals surface area contributed by atoms with Crippen LogP contribution in [0.3, 0.4) is 0 Å². The molecule has 4 aromatic heterocycles. The van der Waals surface area contributed by atoms with Crippen molar-refractivity contribution in [3.8, 4) is 0 Å². The number of aromatic carboxylic acids is 1. The van der Waals surface area contributed by atoms with Crippen LogP contribution in [-0.4, -0.2) is 126 Å². The third kappa shape index (κ3) is 13.1. The van der Waals surface area contributed by atoms with Crippen molar-refractivity contribution in [1.29, 1.82) is 0 Å². The Kier molecular flexibility index (Phi) is 16.9. The molecule has 2 aliphatic rings. The van der Waals surface area contributed by atoms with E-state index in [0.29, 0.717) is 76.7 Å². The first kappa shape index (κ1) is 55.6. The second-order valence-electron chi connectivity index (χ2n) is 20.6. The van der Waals surface area contributed by atoms with Gasteiger partial charge in [0, 0.05) is 69.5 Å². The molecule has 2 aromatic carbocycles. The summed E-state index contributed by atoms with van der Waals surface area (Å²) < 4.78 is 16.9. The van der Waals surface area contributed by atoms with E-state index in [1.54, 1.807) is 29.8 Å². The Morgan fingerprint density at radius 2 is 1.09 bits per heavy atom. The van der Waals surface area contributed by atoms with Gasteiger partial charge >= 0.3 is 18.2 Å². The van der Waals surface area contributed by atoms with E-state index in [1.807, 2.05) is 92.3 Å². The minimum absolute atomic E-state index is 0.147. The van der Waals surface area contributed by atoms with Crippen molar-refractivity contribution in [2.75, 3.05) is 50.1 Å². The Hall–Kier alpha value is -7.10. The number of carbonyl (C=O) groups is 4. The number of pyridine rings is 2. The highest BCUT2D eigenvalue weighted by Gasteiger charge is 2.32. The molecule has 0 spiro atoms. The van der Waals surface area contributed by atoms with Crippen molar-refractivity contribution in [3.05, 3.63) is 114 Å². The van der Waals surface area contributed by atoms with Crippen LogP contribution in [0.1, 0.15) is 99.3 Å². The summed E-state index contributed by atoms with van der Waals surface area (Å²) in [6, 6.07) is 17.4. The number of nitrogens with one attached hydrogen (secondary N) is 2. The number of hydrogen-bond acceptors (Lipinski definition) is 13. The highest BCUT2D eigenvalue weighted by molar-refractivity contribution is 6.31. The first-order valence-electron chi connectivity index (χ1n) is 24.6. The SMILES string of the molecule is CON(C)C(=O)c1cc2nc(N3CCC[C@@H](NC(=O)OC(C)(C)C)C3)n(Cc3ccccc3Cl)c2c(=O)n1C.Cn1c(C(=O)O)cc2nc(N3CCC[C@@H](NC(=O)OC(C)(C)C)C3)n(Cc3ccccc3Cl)c2c1=O. The summed E-state index contributed by atoms with van der Waals surface area (Å²) >= 11 is 12.9. The van der Waals surface area contributed by atoms with E-state index in [0.717, 1.165) is 46.4 Å². The molecule has 2 saturated heterocycles. The molecular weight excluding hydrogens is 1010 g/mol. The molecule has 75 heavy (non-hydrogen) atoms. The molecule has 21 nitrogen and oxygen atoms in total. The first-order valence-corrected chi connectivity index (χ1v) is 25.3. The molecular formula is C52H65Cl2N11O10. The topological polar surface area (TPSA) is 230 Å². The number of alkyl carbamates (subject to hydrolysis) is 2.